The zero-order valence-electron chi connectivity index (χ0n) is 17.3. The molecule has 0 spiro atoms. The van der Waals surface area contributed by atoms with E-state index < -0.39 is 28.8 Å². The van der Waals surface area contributed by atoms with E-state index in [4.69, 9.17) is 4.55 Å². The maximum atomic E-state index is 14.2. The Hall–Kier alpha value is -2.07. The molecule has 0 fully saturated rings. The quantitative estimate of drug-likeness (QED) is 0.331. The first-order valence-corrected chi connectivity index (χ1v) is 10.9. The maximum absolute atomic E-state index is 14.2. The molecule has 2 unspecified atom stereocenters. The highest BCUT2D eigenvalue weighted by Gasteiger charge is 2.30. The number of rotatable bonds is 10. The number of hydrogen-bond donors (Lipinski definition) is 3. The number of aryl methyl sites for hydroxylation is 1. The van der Waals surface area contributed by atoms with Gasteiger partial charge in [0.25, 0.3) is 0 Å². The summed E-state index contributed by atoms with van der Waals surface area (Å²) in [5.74, 6) is -0.478. The Morgan fingerprint density at radius 2 is 1.90 bits per heavy atom. The van der Waals surface area contributed by atoms with Crippen molar-refractivity contribution in [3.8, 4) is 0 Å². The Balaban J connectivity index is 1.99. The summed E-state index contributed by atoms with van der Waals surface area (Å²) in [7, 11) is 0. The van der Waals surface area contributed by atoms with Gasteiger partial charge < -0.3 is 5.32 Å². The van der Waals surface area contributed by atoms with Crippen LogP contribution >= 0.6 is 0 Å². The monoisotopic (exact) mass is 458 g/mol. The molecule has 2 atom stereocenters. The highest BCUT2D eigenvalue weighted by molar-refractivity contribution is 7.77. The number of nitrogens with one attached hydrogen (secondary N) is 2. The highest BCUT2D eigenvalue weighted by Crippen LogP contribution is 2.31. The van der Waals surface area contributed by atoms with Crippen LogP contribution in [0.3, 0.4) is 0 Å². The van der Waals surface area contributed by atoms with Crippen LogP contribution in [-0.4, -0.2) is 15.3 Å². The van der Waals surface area contributed by atoms with E-state index in [9.17, 15) is 21.8 Å². The van der Waals surface area contributed by atoms with Gasteiger partial charge in [-0.15, -0.1) is 0 Å². The molecule has 0 bridgehead atoms. The molecule has 0 saturated carbocycles. The molecule has 0 amide bonds. The molecule has 0 saturated heterocycles. The summed E-state index contributed by atoms with van der Waals surface area (Å²) < 4.78 is 74.6. The fraction of sp³-hybridized carbons (Fsp3) is 0.364. The fourth-order valence-corrected chi connectivity index (χ4v) is 3.37. The van der Waals surface area contributed by atoms with Crippen molar-refractivity contribution in [1.29, 1.82) is 0 Å². The molecular weight excluding hydrogens is 432 g/mol. The lowest BCUT2D eigenvalue weighted by molar-refractivity contribution is -0.137. The molecule has 0 aliphatic carbocycles. The van der Waals surface area contributed by atoms with Crippen LogP contribution in [0.1, 0.15) is 54.1 Å². The van der Waals surface area contributed by atoms with Gasteiger partial charge in [0.1, 0.15) is 5.82 Å². The average molecular weight is 459 g/mol. The second-order valence-electron chi connectivity index (χ2n) is 7.11. The van der Waals surface area contributed by atoms with E-state index in [-0.39, 0.29) is 18.2 Å². The number of hydrogen-bond acceptors (Lipinski definition) is 2. The molecule has 0 aromatic heterocycles. The van der Waals surface area contributed by atoms with Gasteiger partial charge in [-0.05, 0) is 48.2 Å². The van der Waals surface area contributed by atoms with Gasteiger partial charge in [-0.25, -0.2) is 13.3 Å². The molecule has 0 radical (unpaired) electrons. The van der Waals surface area contributed by atoms with Gasteiger partial charge >= 0.3 is 6.18 Å². The Labute approximate surface area is 182 Å². The molecule has 31 heavy (non-hydrogen) atoms. The molecule has 0 heterocycles. The van der Waals surface area contributed by atoms with Crippen LogP contribution in [0.4, 0.5) is 17.6 Å². The molecule has 170 valence electrons. The lowest BCUT2D eigenvalue weighted by atomic mass is 9.99. The summed E-state index contributed by atoms with van der Waals surface area (Å²) in [6.45, 7) is 4.17. The van der Waals surface area contributed by atoms with Crippen molar-refractivity contribution < 1.29 is 26.3 Å². The first kappa shape index (κ1) is 25.2. The second kappa shape index (κ2) is 11.5. The normalized spacial score (nSPS) is 14.2. The minimum atomic E-state index is -4.36. The Bertz CT molecular complexity index is 932. The predicted octanol–water partition coefficient (Wildman–Crippen LogP) is 5.39. The molecule has 2 aromatic rings. The van der Waals surface area contributed by atoms with Crippen LogP contribution in [0.25, 0.3) is 6.08 Å². The largest absolute Gasteiger partial charge is 0.416 e. The lowest BCUT2D eigenvalue weighted by Gasteiger charge is -2.14. The molecule has 2 rings (SSSR count). The number of halogens is 4. The van der Waals surface area contributed by atoms with Crippen LogP contribution in [0.2, 0.25) is 0 Å². The van der Waals surface area contributed by atoms with Gasteiger partial charge in [0.15, 0.2) is 0 Å². The van der Waals surface area contributed by atoms with Crippen molar-refractivity contribution in [2.24, 2.45) is 0 Å². The van der Waals surface area contributed by atoms with Crippen LogP contribution in [0, 0.1) is 5.82 Å². The summed E-state index contributed by atoms with van der Waals surface area (Å²) in [6.07, 6.45) is 0.539. The van der Waals surface area contributed by atoms with Gasteiger partial charge in [0.05, 0.1) is 5.56 Å². The smallest absolute Gasteiger partial charge is 0.307 e. The summed E-state index contributed by atoms with van der Waals surface area (Å²) in [5.41, 5.74) is 1.74. The average Bonchev–Trinajstić information content (AvgIpc) is 2.70. The first-order chi connectivity index (χ1) is 14.6. The van der Waals surface area contributed by atoms with Gasteiger partial charge in [-0.1, -0.05) is 43.7 Å². The van der Waals surface area contributed by atoms with E-state index in [0.717, 1.165) is 18.1 Å². The van der Waals surface area contributed by atoms with Crippen molar-refractivity contribution >= 4 is 17.3 Å². The van der Waals surface area contributed by atoms with Gasteiger partial charge in [0, 0.05) is 24.7 Å². The third kappa shape index (κ3) is 7.84. The van der Waals surface area contributed by atoms with Crippen molar-refractivity contribution in [2.75, 3.05) is 6.54 Å². The van der Waals surface area contributed by atoms with E-state index >= 15 is 0 Å². The Kier molecular flexibility index (Phi) is 9.36. The molecule has 9 heteroatoms. The topological polar surface area (TPSA) is 61.4 Å². The lowest BCUT2D eigenvalue weighted by Crippen LogP contribution is -2.19. The van der Waals surface area contributed by atoms with E-state index in [1.54, 1.807) is 18.2 Å². The summed E-state index contributed by atoms with van der Waals surface area (Å²) >= 11 is -2.21. The highest BCUT2D eigenvalue weighted by atomic mass is 32.2. The minimum absolute atomic E-state index is 0.0625. The Morgan fingerprint density at radius 1 is 1.16 bits per heavy atom. The van der Waals surface area contributed by atoms with Crippen LogP contribution in [-0.2, 0) is 30.4 Å². The number of alkyl halides is 3. The third-order valence-corrected chi connectivity index (χ3v) is 5.18. The van der Waals surface area contributed by atoms with Crippen molar-refractivity contribution in [3.05, 3.63) is 76.1 Å². The zero-order chi connectivity index (χ0) is 23.0. The second-order valence-corrected chi connectivity index (χ2v) is 7.90. The number of benzene rings is 2. The molecule has 4 nitrogen and oxygen atoms in total. The Morgan fingerprint density at radius 3 is 2.52 bits per heavy atom. The van der Waals surface area contributed by atoms with Gasteiger partial charge in [0.2, 0.25) is 11.3 Å². The van der Waals surface area contributed by atoms with Crippen molar-refractivity contribution in [2.45, 2.75) is 45.5 Å². The molecule has 3 N–H and O–H groups in total. The summed E-state index contributed by atoms with van der Waals surface area (Å²) in [4.78, 5) is 0. The summed E-state index contributed by atoms with van der Waals surface area (Å²) in [5, 5.41) is 3.22. The predicted molar refractivity (Wildman–Crippen MR) is 115 cm³/mol. The SMILES string of the molecule is CCCc1cc(C(F)(F)F)ccc1C=CCNC(C)c1ccc(CNS(=O)O)c(F)c1. The van der Waals surface area contributed by atoms with Gasteiger partial charge in [-0.2, -0.15) is 13.2 Å². The maximum Gasteiger partial charge on any atom is 0.416 e. The van der Waals surface area contributed by atoms with E-state index in [2.05, 4.69) is 10.0 Å². The van der Waals surface area contributed by atoms with Crippen molar-refractivity contribution in [1.82, 2.24) is 10.0 Å². The summed E-state index contributed by atoms with van der Waals surface area (Å²) in [6, 6.07) is 8.25. The third-order valence-electron chi connectivity index (χ3n) is 4.79. The van der Waals surface area contributed by atoms with E-state index in [0.29, 0.717) is 24.1 Å². The van der Waals surface area contributed by atoms with Crippen LogP contribution < -0.4 is 10.0 Å². The minimum Gasteiger partial charge on any atom is -0.307 e. The molecule has 0 aliphatic heterocycles. The van der Waals surface area contributed by atoms with Gasteiger partial charge in [-0.3, -0.25) is 4.55 Å². The van der Waals surface area contributed by atoms with Crippen LogP contribution in [0.5, 0.6) is 0 Å². The van der Waals surface area contributed by atoms with E-state index in [1.807, 2.05) is 19.9 Å². The molecule has 2 aromatic carbocycles. The zero-order valence-corrected chi connectivity index (χ0v) is 18.1. The van der Waals surface area contributed by atoms with Crippen LogP contribution in [0.15, 0.2) is 42.5 Å². The molecular formula is C22H26F4N2O2S. The molecule has 0 aliphatic rings. The van der Waals surface area contributed by atoms with E-state index in [1.165, 1.54) is 18.2 Å². The fourth-order valence-electron chi connectivity index (χ4n) is 3.09. The first-order valence-electron chi connectivity index (χ1n) is 9.84. The van der Waals surface area contributed by atoms with Crippen molar-refractivity contribution in [3.63, 3.8) is 0 Å². The standard InChI is InChI=1S/C22H26F4N2O2S/c1-3-5-18-12-20(22(24,25)26)10-9-16(18)6-4-11-27-15(2)17-7-8-19(21(23)13-17)14-28-31(29)30/h4,6-10,12-13,15,27-28H,3,5,11,14H2,1-2H3,(H,29,30).